The fraction of sp³-hybridized carbons (Fsp3) is 0.286. The van der Waals surface area contributed by atoms with Gasteiger partial charge < -0.3 is 19.4 Å². The fourth-order valence-corrected chi connectivity index (χ4v) is 3.90. The topological polar surface area (TPSA) is 78.3 Å². The maximum atomic E-state index is 12.4. The quantitative estimate of drug-likeness (QED) is 0.440. The number of rotatable bonds is 8. The average Bonchev–Trinajstić information content (AvgIpc) is 3.10. The van der Waals surface area contributed by atoms with Crippen molar-refractivity contribution in [1.82, 2.24) is 14.8 Å². The molecule has 0 aliphatic rings. The summed E-state index contributed by atoms with van der Waals surface area (Å²) in [7, 11) is 3.36. The molecule has 0 aliphatic carbocycles. The van der Waals surface area contributed by atoms with Crippen molar-refractivity contribution < 1.29 is 14.3 Å². The number of methoxy groups -OCH3 is 1. The number of anilines is 1. The Balaban J connectivity index is 1.63. The van der Waals surface area contributed by atoms with Crippen LogP contribution in [0.4, 0.5) is 5.69 Å². The van der Waals surface area contributed by atoms with Crippen LogP contribution in [0.2, 0.25) is 10.0 Å². The van der Waals surface area contributed by atoms with Crippen molar-refractivity contribution in [2.45, 2.75) is 25.1 Å². The Morgan fingerprint density at radius 3 is 2.71 bits per heavy atom. The van der Waals surface area contributed by atoms with E-state index < -0.39 is 0 Å². The van der Waals surface area contributed by atoms with E-state index in [1.807, 2.05) is 33.0 Å². The third kappa shape index (κ3) is 5.84. The average molecular weight is 481 g/mol. The van der Waals surface area contributed by atoms with E-state index in [9.17, 15) is 4.79 Å². The van der Waals surface area contributed by atoms with Crippen molar-refractivity contribution >= 4 is 46.6 Å². The zero-order valence-corrected chi connectivity index (χ0v) is 19.8. The summed E-state index contributed by atoms with van der Waals surface area (Å²) in [6, 6.07) is 10.6. The number of aromatic nitrogens is 3. The van der Waals surface area contributed by atoms with Crippen molar-refractivity contribution in [2.24, 2.45) is 7.05 Å². The van der Waals surface area contributed by atoms with Gasteiger partial charge in [0.15, 0.2) is 17.1 Å². The zero-order chi connectivity index (χ0) is 22.5. The van der Waals surface area contributed by atoms with Crippen LogP contribution in [0, 0.1) is 6.92 Å². The number of hydrogen-bond donors (Lipinski definition) is 1. The molecule has 1 N–H and O–H groups in total. The van der Waals surface area contributed by atoms with Gasteiger partial charge in [-0.05, 0) is 49.7 Å². The van der Waals surface area contributed by atoms with Crippen LogP contribution in [0.25, 0.3) is 0 Å². The second kappa shape index (κ2) is 10.3. The summed E-state index contributed by atoms with van der Waals surface area (Å²) in [4.78, 5) is 12.4. The lowest BCUT2D eigenvalue weighted by atomic mass is 10.2. The normalized spacial score (nSPS) is 11.8. The van der Waals surface area contributed by atoms with Crippen LogP contribution < -0.4 is 14.8 Å². The van der Waals surface area contributed by atoms with Crippen molar-refractivity contribution in [1.29, 1.82) is 0 Å². The summed E-state index contributed by atoms with van der Waals surface area (Å²) in [6.07, 6.45) is -0.379. The SMILES string of the molecule is COc1ccc(Cl)cc1NC(=O)CSc1nnc(C(C)Oc2cc(C)ccc2Cl)n1C. The standard InChI is InChI=1S/C21H22Cl2N4O3S/c1-12-5-7-15(23)18(9-12)30-13(2)20-25-26-21(27(20)3)31-11-19(28)24-16-10-14(22)6-8-17(16)29-4/h5-10,13H,11H2,1-4H3,(H,24,28). The maximum absolute atomic E-state index is 12.4. The number of nitrogens with one attached hydrogen (secondary N) is 1. The number of hydrogen-bond acceptors (Lipinski definition) is 6. The molecule has 0 saturated carbocycles. The zero-order valence-electron chi connectivity index (χ0n) is 17.5. The first-order valence-corrected chi connectivity index (χ1v) is 11.1. The number of thioether (sulfide) groups is 1. The Morgan fingerprint density at radius 2 is 1.97 bits per heavy atom. The highest BCUT2D eigenvalue weighted by Crippen LogP contribution is 2.31. The van der Waals surface area contributed by atoms with E-state index in [2.05, 4.69) is 15.5 Å². The van der Waals surface area contributed by atoms with Gasteiger partial charge in [0, 0.05) is 12.1 Å². The monoisotopic (exact) mass is 480 g/mol. The highest BCUT2D eigenvalue weighted by molar-refractivity contribution is 7.99. The Labute approximate surface area is 195 Å². The minimum atomic E-state index is -0.379. The van der Waals surface area contributed by atoms with Gasteiger partial charge in [-0.15, -0.1) is 10.2 Å². The Kier molecular flexibility index (Phi) is 7.69. The minimum Gasteiger partial charge on any atom is -0.495 e. The number of carbonyl (C=O) groups is 1. The van der Waals surface area contributed by atoms with Gasteiger partial charge in [0.05, 0.1) is 23.6 Å². The molecule has 7 nitrogen and oxygen atoms in total. The number of amides is 1. The summed E-state index contributed by atoms with van der Waals surface area (Å²) in [5, 5.41) is 12.8. The summed E-state index contributed by atoms with van der Waals surface area (Å²) in [5.74, 6) is 1.66. The first-order valence-electron chi connectivity index (χ1n) is 9.36. The Morgan fingerprint density at radius 1 is 1.19 bits per heavy atom. The fourth-order valence-electron chi connectivity index (χ4n) is 2.84. The van der Waals surface area contributed by atoms with Gasteiger partial charge in [-0.25, -0.2) is 0 Å². The second-order valence-electron chi connectivity index (χ2n) is 6.78. The smallest absolute Gasteiger partial charge is 0.234 e. The summed E-state index contributed by atoms with van der Waals surface area (Å²) >= 11 is 13.5. The molecule has 164 valence electrons. The van der Waals surface area contributed by atoms with Gasteiger partial charge in [0.25, 0.3) is 0 Å². The predicted molar refractivity (Wildman–Crippen MR) is 124 cm³/mol. The first kappa shape index (κ1) is 23.2. The van der Waals surface area contributed by atoms with E-state index >= 15 is 0 Å². The molecule has 0 aliphatic heterocycles. The molecule has 0 fully saturated rings. The molecule has 0 saturated heterocycles. The summed E-state index contributed by atoms with van der Waals surface area (Å²) < 4.78 is 13.0. The molecular weight excluding hydrogens is 459 g/mol. The van der Waals surface area contributed by atoms with E-state index in [1.54, 1.807) is 28.8 Å². The number of benzene rings is 2. The van der Waals surface area contributed by atoms with E-state index in [0.717, 1.165) is 5.56 Å². The Bertz CT molecular complexity index is 1090. The summed E-state index contributed by atoms with van der Waals surface area (Å²) in [6.45, 7) is 3.84. The van der Waals surface area contributed by atoms with E-state index in [-0.39, 0.29) is 17.8 Å². The Hall–Kier alpha value is -2.42. The molecule has 1 aromatic heterocycles. The molecule has 3 aromatic rings. The molecule has 0 spiro atoms. The lowest BCUT2D eigenvalue weighted by molar-refractivity contribution is -0.113. The van der Waals surface area contributed by atoms with Gasteiger partial charge in [-0.3, -0.25) is 4.79 Å². The largest absolute Gasteiger partial charge is 0.495 e. The van der Waals surface area contributed by atoms with Crippen molar-refractivity contribution in [2.75, 3.05) is 18.2 Å². The first-order chi connectivity index (χ1) is 14.8. The number of aryl methyl sites for hydroxylation is 1. The molecule has 2 aromatic carbocycles. The molecule has 0 radical (unpaired) electrons. The van der Waals surface area contributed by atoms with E-state index in [0.29, 0.717) is 38.2 Å². The van der Waals surface area contributed by atoms with Crippen LogP contribution in [0.5, 0.6) is 11.5 Å². The molecule has 1 heterocycles. The lowest BCUT2D eigenvalue weighted by Gasteiger charge is -2.15. The van der Waals surface area contributed by atoms with Crippen LogP contribution in [0.1, 0.15) is 24.4 Å². The molecule has 3 rings (SSSR count). The van der Waals surface area contributed by atoms with Crippen LogP contribution >= 0.6 is 35.0 Å². The summed E-state index contributed by atoms with van der Waals surface area (Å²) in [5.41, 5.74) is 1.56. The highest BCUT2D eigenvalue weighted by Gasteiger charge is 2.19. The van der Waals surface area contributed by atoms with Crippen molar-refractivity contribution in [3.63, 3.8) is 0 Å². The van der Waals surface area contributed by atoms with Crippen molar-refractivity contribution in [3.8, 4) is 11.5 Å². The molecule has 0 bridgehead atoms. The molecule has 31 heavy (non-hydrogen) atoms. The second-order valence-corrected chi connectivity index (χ2v) is 8.56. The van der Waals surface area contributed by atoms with Crippen LogP contribution in [0.3, 0.4) is 0 Å². The lowest BCUT2D eigenvalue weighted by Crippen LogP contribution is -2.15. The number of carbonyl (C=O) groups excluding carboxylic acids is 1. The van der Waals surface area contributed by atoms with Crippen LogP contribution in [-0.2, 0) is 11.8 Å². The van der Waals surface area contributed by atoms with Gasteiger partial charge in [-0.1, -0.05) is 41.0 Å². The van der Waals surface area contributed by atoms with Crippen LogP contribution in [-0.4, -0.2) is 33.5 Å². The van der Waals surface area contributed by atoms with Gasteiger partial charge in [0.1, 0.15) is 11.5 Å². The molecule has 1 amide bonds. The van der Waals surface area contributed by atoms with Gasteiger partial charge >= 0.3 is 0 Å². The number of ether oxygens (including phenoxy) is 2. The minimum absolute atomic E-state index is 0.139. The van der Waals surface area contributed by atoms with E-state index in [1.165, 1.54) is 18.9 Å². The maximum Gasteiger partial charge on any atom is 0.234 e. The molecule has 10 heteroatoms. The molecular formula is C21H22Cl2N4O3S. The van der Waals surface area contributed by atoms with Crippen molar-refractivity contribution in [3.05, 3.63) is 57.8 Å². The third-order valence-corrected chi connectivity index (χ3v) is 5.96. The highest BCUT2D eigenvalue weighted by atomic mass is 35.5. The van der Waals surface area contributed by atoms with Gasteiger partial charge in [0.2, 0.25) is 5.91 Å². The molecule has 1 unspecified atom stereocenters. The number of halogens is 2. The van der Waals surface area contributed by atoms with Gasteiger partial charge in [-0.2, -0.15) is 0 Å². The molecule has 1 atom stereocenters. The van der Waals surface area contributed by atoms with E-state index in [4.69, 9.17) is 32.7 Å². The van der Waals surface area contributed by atoms with Crippen LogP contribution in [0.15, 0.2) is 41.6 Å². The predicted octanol–water partition coefficient (Wildman–Crippen LogP) is 5.31. The number of nitrogens with zero attached hydrogens (tertiary/aromatic N) is 3. The third-order valence-electron chi connectivity index (χ3n) is 4.39.